The Morgan fingerprint density at radius 3 is 2.80 bits per heavy atom. The van der Waals surface area contributed by atoms with Crippen molar-refractivity contribution in [2.24, 2.45) is 11.8 Å². The molecule has 4 heteroatoms. The molecule has 1 aliphatic carbocycles. The number of likely N-dealkylation sites (tertiary alicyclic amines) is 1. The number of carbonyl (C=O) groups is 1. The van der Waals surface area contributed by atoms with Gasteiger partial charge in [0, 0.05) is 24.8 Å². The van der Waals surface area contributed by atoms with Gasteiger partial charge < -0.3 is 10.0 Å². The summed E-state index contributed by atoms with van der Waals surface area (Å²) in [5, 5.41) is 10.3. The second-order valence-corrected chi connectivity index (χ2v) is 5.52. The molecule has 0 radical (unpaired) electrons. The molecule has 0 spiro atoms. The van der Waals surface area contributed by atoms with E-state index < -0.39 is 0 Å². The summed E-state index contributed by atoms with van der Waals surface area (Å²) in [5.41, 5.74) is 0. The molecule has 2 rings (SSSR count). The van der Waals surface area contributed by atoms with Crippen LogP contribution in [0.15, 0.2) is 0 Å². The molecular formula is C11H18BrNO2. The first kappa shape index (κ1) is 11.4. The number of alkyl halides is 1. The summed E-state index contributed by atoms with van der Waals surface area (Å²) in [6, 6.07) is 0. The summed E-state index contributed by atoms with van der Waals surface area (Å²) >= 11 is 3.30. The Morgan fingerprint density at radius 2 is 2.07 bits per heavy atom. The first-order valence-electron chi connectivity index (χ1n) is 5.72. The van der Waals surface area contributed by atoms with Gasteiger partial charge in [0.1, 0.15) is 0 Å². The van der Waals surface area contributed by atoms with Gasteiger partial charge >= 0.3 is 0 Å². The third kappa shape index (κ3) is 2.53. The third-order valence-corrected chi connectivity index (χ3v) is 4.08. The average Bonchev–Trinajstić information content (AvgIpc) is 2.60. The summed E-state index contributed by atoms with van der Waals surface area (Å²) in [6.45, 7) is 1.79. The molecule has 2 fully saturated rings. The van der Waals surface area contributed by atoms with Crippen LogP contribution in [0.5, 0.6) is 0 Å². The van der Waals surface area contributed by atoms with Crippen LogP contribution >= 0.6 is 15.9 Å². The fourth-order valence-corrected chi connectivity index (χ4v) is 3.19. The molecule has 1 saturated heterocycles. The van der Waals surface area contributed by atoms with Crippen molar-refractivity contribution in [2.75, 3.05) is 18.4 Å². The zero-order valence-electron chi connectivity index (χ0n) is 8.86. The van der Waals surface area contributed by atoms with E-state index in [1.54, 1.807) is 0 Å². The Labute approximate surface area is 99.0 Å². The number of hydrogen-bond donors (Lipinski definition) is 1. The first-order chi connectivity index (χ1) is 7.20. The highest BCUT2D eigenvalue weighted by Crippen LogP contribution is 2.36. The minimum Gasteiger partial charge on any atom is -0.393 e. The van der Waals surface area contributed by atoms with Crippen molar-refractivity contribution in [3.63, 3.8) is 0 Å². The molecule has 1 saturated carbocycles. The molecule has 0 aromatic rings. The van der Waals surface area contributed by atoms with Gasteiger partial charge in [-0.05, 0) is 31.1 Å². The number of rotatable bonds is 2. The van der Waals surface area contributed by atoms with Crippen molar-refractivity contribution in [3.05, 3.63) is 0 Å². The molecule has 0 aromatic heterocycles. The molecule has 1 heterocycles. The molecule has 15 heavy (non-hydrogen) atoms. The first-order valence-corrected chi connectivity index (χ1v) is 6.84. The maximum atomic E-state index is 11.7. The molecule has 2 aliphatic rings. The zero-order valence-corrected chi connectivity index (χ0v) is 10.4. The molecule has 0 aromatic carbocycles. The van der Waals surface area contributed by atoms with Gasteiger partial charge in [-0.3, -0.25) is 4.79 Å². The molecule has 1 amide bonds. The fraction of sp³-hybridized carbons (Fsp3) is 0.909. The van der Waals surface area contributed by atoms with Crippen LogP contribution in [0, 0.1) is 11.8 Å². The lowest BCUT2D eigenvalue weighted by Gasteiger charge is -2.27. The fourth-order valence-electron chi connectivity index (χ4n) is 2.85. The second kappa shape index (κ2) is 4.83. The SMILES string of the molecule is O=C(CCBr)N1CC2CCC(O)CC2C1. The van der Waals surface area contributed by atoms with Crippen molar-refractivity contribution >= 4 is 21.8 Å². The zero-order chi connectivity index (χ0) is 10.8. The Kier molecular flexibility index (Phi) is 3.67. The predicted molar refractivity (Wildman–Crippen MR) is 61.8 cm³/mol. The van der Waals surface area contributed by atoms with Crippen LogP contribution in [0.25, 0.3) is 0 Å². The molecule has 86 valence electrons. The van der Waals surface area contributed by atoms with Crippen LogP contribution in [0.1, 0.15) is 25.7 Å². The standard InChI is InChI=1S/C11H18BrNO2/c12-4-3-11(15)13-6-8-1-2-10(14)5-9(8)7-13/h8-10,14H,1-7H2. The highest BCUT2D eigenvalue weighted by atomic mass is 79.9. The Hall–Kier alpha value is -0.0900. The van der Waals surface area contributed by atoms with Crippen LogP contribution in [0.2, 0.25) is 0 Å². The van der Waals surface area contributed by atoms with Crippen molar-refractivity contribution < 1.29 is 9.90 Å². The van der Waals surface area contributed by atoms with Gasteiger partial charge in [-0.25, -0.2) is 0 Å². The highest BCUT2D eigenvalue weighted by molar-refractivity contribution is 9.09. The van der Waals surface area contributed by atoms with Crippen LogP contribution in [-0.2, 0) is 4.79 Å². The van der Waals surface area contributed by atoms with Crippen molar-refractivity contribution in [2.45, 2.75) is 31.8 Å². The van der Waals surface area contributed by atoms with E-state index in [9.17, 15) is 9.90 Å². The summed E-state index contributed by atoms with van der Waals surface area (Å²) in [4.78, 5) is 13.7. The lowest BCUT2D eigenvalue weighted by Crippen LogP contribution is -2.29. The topological polar surface area (TPSA) is 40.5 Å². The Balaban J connectivity index is 1.90. The second-order valence-electron chi connectivity index (χ2n) is 4.72. The van der Waals surface area contributed by atoms with E-state index in [4.69, 9.17) is 0 Å². The highest BCUT2D eigenvalue weighted by Gasteiger charge is 2.38. The Morgan fingerprint density at radius 1 is 1.33 bits per heavy atom. The van der Waals surface area contributed by atoms with Gasteiger partial charge in [-0.1, -0.05) is 15.9 Å². The monoisotopic (exact) mass is 275 g/mol. The van der Waals surface area contributed by atoms with Crippen LogP contribution < -0.4 is 0 Å². The number of carbonyl (C=O) groups excluding carboxylic acids is 1. The van der Waals surface area contributed by atoms with E-state index in [2.05, 4.69) is 15.9 Å². The summed E-state index contributed by atoms with van der Waals surface area (Å²) in [6.07, 6.45) is 3.37. The molecule has 1 aliphatic heterocycles. The molecule has 0 bridgehead atoms. The number of aliphatic hydroxyl groups is 1. The van der Waals surface area contributed by atoms with Crippen molar-refractivity contribution in [1.29, 1.82) is 0 Å². The van der Waals surface area contributed by atoms with Crippen LogP contribution in [0.4, 0.5) is 0 Å². The number of fused-ring (bicyclic) bond motifs is 1. The van der Waals surface area contributed by atoms with Gasteiger partial charge in [0.05, 0.1) is 6.10 Å². The Bertz CT molecular complexity index is 247. The number of nitrogens with zero attached hydrogens (tertiary/aromatic N) is 1. The molecule has 1 N–H and O–H groups in total. The maximum Gasteiger partial charge on any atom is 0.223 e. The number of aliphatic hydroxyl groups excluding tert-OH is 1. The third-order valence-electron chi connectivity index (χ3n) is 3.68. The van der Waals surface area contributed by atoms with E-state index in [0.29, 0.717) is 18.3 Å². The summed E-state index contributed by atoms with van der Waals surface area (Å²) < 4.78 is 0. The van der Waals surface area contributed by atoms with Crippen LogP contribution in [-0.4, -0.2) is 40.4 Å². The smallest absolute Gasteiger partial charge is 0.223 e. The van der Waals surface area contributed by atoms with Gasteiger partial charge in [-0.2, -0.15) is 0 Å². The van der Waals surface area contributed by atoms with E-state index >= 15 is 0 Å². The van der Waals surface area contributed by atoms with E-state index in [0.717, 1.165) is 37.7 Å². The molecule has 3 nitrogen and oxygen atoms in total. The van der Waals surface area contributed by atoms with Gasteiger partial charge in [-0.15, -0.1) is 0 Å². The number of halogens is 1. The summed E-state index contributed by atoms with van der Waals surface area (Å²) in [7, 11) is 0. The normalized spacial score (nSPS) is 35.3. The van der Waals surface area contributed by atoms with Gasteiger partial charge in [0.2, 0.25) is 5.91 Å². The predicted octanol–water partition coefficient (Wildman–Crippen LogP) is 1.39. The lowest BCUT2D eigenvalue weighted by atomic mass is 9.80. The molecular weight excluding hydrogens is 258 g/mol. The lowest BCUT2D eigenvalue weighted by molar-refractivity contribution is -0.129. The van der Waals surface area contributed by atoms with Gasteiger partial charge in [0.25, 0.3) is 0 Å². The van der Waals surface area contributed by atoms with E-state index in [1.165, 1.54) is 0 Å². The van der Waals surface area contributed by atoms with E-state index in [-0.39, 0.29) is 12.0 Å². The van der Waals surface area contributed by atoms with Crippen LogP contribution in [0.3, 0.4) is 0 Å². The largest absolute Gasteiger partial charge is 0.393 e. The molecule has 3 atom stereocenters. The average molecular weight is 276 g/mol. The minimum atomic E-state index is -0.127. The number of hydrogen-bond acceptors (Lipinski definition) is 2. The maximum absolute atomic E-state index is 11.7. The summed E-state index contributed by atoms with van der Waals surface area (Å²) in [5.74, 6) is 1.46. The number of amides is 1. The van der Waals surface area contributed by atoms with Gasteiger partial charge in [0.15, 0.2) is 0 Å². The van der Waals surface area contributed by atoms with E-state index in [1.807, 2.05) is 4.90 Å². The quantitative estimate of drug-likeness (QED) is 0.774. The van der Waals surface area contributed by atoms with Crippen molar-refractivity contribution in [1.82, 2.24) is 4.90 Å². The molecule has 3 unspecified atom stereocenters. The van der Waals surface area contributed by atoms with Crippen molar-refractivity contribution in [3.8, 4) is 0 Å². The minimum absolute atomic E-state index is 0.127.